The lowest BCUT2D eigenvalue weighted by Crippen LogP contribution is -2.16. The van der Waals surface area contributed by atoms with Gasteiger partial charge in [0.25, 0.3) is 0 Å². The highest BCUT2D eigenvalue weighted by Gasteiger charge is 2.41. The predicted molar refractivity (Wildman–Crippen MR) is 53.7 cm³/mol. The molecule has 0 atom stereocenters. The number of halogens is 1. The molecule has 0 saturated heterocycles. The quantitative estimate of drug-likeness (QED) is 0.872. The summed E-state index contributed by atoms with van der Waals surface area (Å²) in [5.41, 5.74) is 6.00. The molecule has 1 aliphatic carbocycles. The smallest absolute Gasteiger partial charge is 0.188 e. The van der Waals surface area contributed by atoms with E-state index in [1.165, 1.54) is 4.88 Å². The van der Waals surface area contributed by atoms with E-state index in [1.54, 1.807) is 18.4 Å². The molecular weight excluding hydrogens is 238 g/mol. The summed E-state index contributed by atoms with van der Waals surface area (Å²) in [7, 11) is 1.68. The van der Waals surface area contributed by atoms with Crippen molar-refractivity contribution in [2.75, 3.05) is 7.11 Å². The Morgan fingerprint density at radius 2 is 2.33 bits per heavy atom. The zero-order valence-corrected chi connectivity index (χ0v) is 9.17. The number of hydrogen-bond acceptors (Lipinski definition) is 3. The Bertz CT molecular complexity index is 306. The average molecular weight is 248 g/mol. The summed E-state index contributed by atoms with van der Waals surface area (Å²) >= 11 is 5.06. The maximum absolute atomic E-state index is 6.04. The van der Waals surface area contributed by atoms with Crippen molar-refractivity contribution >= 4 is 27.3 Å². The average Bonchev–Trinajstić information content (AvgIpc) is 2.65. The first-order chi connectivity index (χ1) is 5.65. The topological polar surface area (TPSA) is 35.2 Å². The van der Waals surface area contributed by atoms with Gasteiger partial charge in [0.05, 0.1) is 17.1 Å². The van der Waals surface area contributed by atoms with Gasteiger partial charge < -0.3 is 10.5 Å². The van der Waals surface area contributed by atoms with Crippen molar-refractivity contribution < 1.29 is 4.74 Å². The molecule has 0 amide bonds. The second-order valence-electron chi connectivity index (χ2n) is 3.11. The minimum atomic E-state index is -0.0377. The molecule has 66 valence electrons. The number of nitrogens with two attached hydrogens (primary N) is 1. The number of hydrogen-bond donors (Lipinski definition) is 1. The van der Waals surface area contributed by atoms with Gasteiger partial charge in [-0.05, 0) is 34.8 Å². The largest absolute Gasteiger partial charge is 0.486 e. The monoisotopic (exact) mass is 247 g/mol. The van der Waals surface area contributed by atoms with Crippen LogP contribution in [0.2, 0.25) is 0 Å². The summed E-state index contributed by atoms with van der Waals surface area (Å²) in [5.74, 6) is 0. The minimum absolute atomic E-state index is 0.0377. The van der Waals surface area contributed by atoms with Crippen LogP contribution >= 0.6 is 27.3 Å². The molecule has 1 heterocycles. The van der Waals surface area contributed by atoms with Gasteiger partial charge in [-0.15, -0.1) is 11.3 Å². The molecule has 0 aliphatic heterocycles. The molecule has 0 bridgehead atoms. The normalized spacial score (nSPS) is 19.2. The van der Waals surface area contributed by atoms with E-state index in [4.69, 9.17) is 10.5 Å². The number of thiophene rings is 1. The zero-order chi connectivity index (χ0) is 8.77. The highest BCUT2D eigenvalue weighted by atomic mass is 79.9. The van der Waals surface area contributed by atoms with Gasteiger partial charge in [-0.25, -0.2) is 0 Å². The van der Waals surface area contributed by atoms with Crippen molar-refractivity contribution in [3.05, 3.63) is 15.4 Å². The first-order valence-electron chi connectivity index (χ1n) is 3.78. The van der Waals surface area contributed by atoms with Crippen LogP contribution in [0.1, 0.15) is 17.7 Å². The molecule has 0 spiro atoms. The maximum Gasteiger partial charge on any atom is 0.188 e. The Labute approximate surface area is 83.8 Å². The molecule has 0 aromatic carbocycles. The Kier molecular flexibility index (Phi) is 1.93. The summed E-state index contributed by atoms with van der Waals surface area (Å²) in [6.07, 6.45) is 2.20. The summed E-state index contributed by atoms with van der Waals surface area (Å²) in [6.45, 7) is 0. The molecular formula is C8H10BrNOS. The molecule has 2 nitrogen and oxygen atoms in total. The van der Waals surface area contributed by atoms with Crippen molar-refractivity contribution in [3.8, 4) is 5.06 Å². The third-order valence-electron chi connectivity index (χ3n) is 2.12. The minimum Gasteiger partial charge on any atom is -0.486 e. The van der Waals surface area contributed by atoms with E-state index < -0.39 is 0 Å². The third kappa shape index (κ3) is 1.28. The van der Waals surface area contributed by atoms with Crippen LogP contribution in [-0.2, 0) is 5.54 Å². The molecule has 12 heavy (non-hydrogen) atoms. The molecule has 1 fully saturated rings. The fourth-order valence-corrected chi connectivity index (χ4v) is 2.93. The summed E-state index contributed by atoms with van der Waals surface area (Å²) in [6, 6.07) is 2.07. The van der Waals surface area contributed by atoms with Gasteiger partial charge in [0.1, 0.15) is 0 Å². The number of rotatable bonds is 2. The van der Waals surface area contributed by atoms with Crippen LogP contribution in [0, 0.1) is 0 Å². The van der Waals surface area contributed by atoms with E-state index in [-0.39, 0.29) is 5.54 Å². The molecule has 1 saturated carbocycles. The van der Waals surface area contributed by atoms with Crippen LogP contribution in [0.4, 0.5) is 0 Å². The van der Waals surface area contributed by atoms with Crippen molar-refractivity contribution in [1.29, 1.82) is 0 Å². The highest BCUT2D eigenvalue weighted by Crippen LogP contribution is 2.49. The Morgan fingerprint density at radius 1 is 1.67 bits per heavy atom. The Morgan fingerprint density at radius 3 is 2.75 bits per heavy atom. The lowest BCUT2D eigenvalue weighted by atomic mass is 10.2. The van der Waals surface area contributed by atoms with Gasteiger partial charge in [0.2, 0.25) is 0 Å². The van der Waals surface area contributed by atoms with E-state index in [9.17, 15) is 0 Å². The van der Waals surface area contributed by atoms with Crippen LogP contribution in [0.5, 0.6) is 5.06 Å². The lowest BCUT2D eigenvalue weighted by Gasteiger charge is -2.02. The van der Waals surface area contributed by atoms with E-state index >= 15 is 0 Å². The molecule has 1 aromatic rings. The van der Waals surface area contributed by atoms with E-state index in [1.807, 2.05) is 0 Å². The number of ether oxygens (including phenoxy) is 1. The molecule has 2 rings (SSSR count). The Hall–Kier alpha value is -0.0600. The summed E-state index contributed by atoms with van der Waals surface area (Å²) < 4.78 is 6.18. The third-order valence-corrected chi connectivity index (χ3v) is 4.29. The van der Waals surface area contributed by atoms with Gasteiger partial charge in [-0.1, -0.05) is 0 Å². The van der Waals surface area contributed by atoms with Crippen molar-refractivity contribution in [3.63, 3.8) is 0 Å². The second-order valence-corrected chi connectivity index (χ2v) is 4.98. The zero-order valence-electron chi connectivity index (χ0n) is 6.76. The van der Waals surface area contributed by atoms with Gasteiger partial charge in [-0.3, -0.25) is 0 Å². The van der Waals surface area contributed by atoms with Crippen LogP contribution < -0.4 is 10.5 Å². The van der Waals surface area contributed by atoms with Gasteiger partial charge in [0, 0.05) is 4.88 Å². The molecule has 2 N–H and O–H groups in total. The highest BCUT2D eigenvalue weighted by molar-refractivity contribution is 9.10. The fourth-order valence-electron chi connectivity index (χ4n) is 1.12. The molecule has 4 heteroatoms. The SMILES string of the molecule is COc1sc(C2(N)CC2)cc1Br. The van der Waals surface area contributed by atoms with Crippen LogP contribution in [0.15, 0.2) is 10.5 Å². The van der Waals surface area contributed by atoms with Crippen molar-refractivity contribution in [2.45, 2.75) is 18.4 Å². The number of methoxy groups -OCH3 is 1. The molecule has 0 unspecified atom stereocenters. The second kappa shape index (κ2) is 2.72. The first kappa shape index (κ1) is 8.53. The first-order valence-corrected chi connectivity index (χ1v) is 5.39. The Balaban J connectivity index is 2.34. The van der Waals surface area contributed by atoms with E-state index in [0.717, 1.165) is 22.4 Å². The molecule has 1 aromatic heterocycles. The molecule has 0 radical (unpaired) electrons. The van der Waals surface area contributed by atoms with Gasteiger partial charge >= 0.3 is 0 Å². The summed E-state index contributed by atoms with van der Waals surface area (Å²) in [5, 5.41) is 0.918. The van der Waals surface area contributed by atoms with Crippen LogP contribution in [0.25, 0.3) is 0 Å². The van der Waals surface area contributed by atoms with Crippen molar-refractivity contribution in [1.82, 2.24) is 0 Å². The fraction of sp³-hybridized carbons (Fsp3) is 0.500. The van der Waals surface area contributed by atoms with Crippen LogP contribution in [0.3, 0.4) is 0 Å². The lowest BCUT2D eigenvalue weighted by molar-refractivity contribution is 0.425. The maximum atomic E-state index is 6.04. The summed E-state index contributed by atoms with van der Waals surface area (Å²) in [4.78, 5) is 1.23. The van der Waals surface area contributed by atoms with Crippen molar-refractivity contribution in [2.24, 2.45) is 5.73 Å². The molecule has 1 aliphatic rings. The van der Waals surface area contributed by atoms with E-state index in [2.05, 4.69) is 22.0 Å². The predicted octanol–water partition coefficient (Wildman–Crippen LogP) is 2.47. The van der Waals surface area contributed by atoms with Crippen LogP contribution in [-0.4, -0.2) is 7.11 Å². The van der Waals surface area contributed by atoms with E-state index in [0.29, 0.717) is 0 Å². The van der Waals surface area contributed by atoms with Gasteiger partial charge in [0.15, 0.2) is 5.06 Å². The standard InChI is InChI=1S/C8H10BrNOS/c1-11-7-5(9)4-6(12-7)8(10)2-3-8/h4H,2-3,10H2,1H3. The van der Waals surface area contributed by atoms with Gasteiger partial charge in [-0.2, -0.15) is 0 Å².